The van der Waals surface area contributed by atoms with Crippen LogP contribution in [-0.4, -0.2) is 62.9 Å². The minimum atomic E-state index is -0.565. The smallest absolute Gasteiger partial charge is 0.875 e. The molecule has 104 valence electrons. The number of esters is 2. The molecular weight excluding hydrogens is 280 g/mol. The standard InChI is InChI=1S/2C6H10O3.Ca/c2*1-3-9-6(8)4-5(2)7;/h2*4,7H,3H2,1-2H3;/q;;+2/p-2/b2*5-4-;. The maximum Gasteiger partial charge on any atom is 2.00 e. The summed E-state index contributed by atoms with van der Waals surface area (Å²) in [5, 5.41) is 20.3. The van der Waals surface area contributed by atoms with E-state index >= 15 is 0 Å². The summed E-state index contributed by atoms with van der Waals surface area (Å²) in [6, 6.07) is 0. The second kappa shape index (κ2) is 15.3. The quantitative estimate of drug-likeness (QED) is 0.293. The van der Waals surface area contributed by atoms with Crippen LogP contribution in [0.25, 0.3) is 0 Å². The van der Waals surface area contributed by atoms with E-state index in [1.807, 2.05) is 0 Å². The summed E-state index contributed by atoms with van der Waals surface area (Å²) < 4.78 is 8.87. The first-order valence-electron chi connectivity index (χ1n) is 5.37. The van der Waals surface area contributed by atoms with Gasteiger partial charge in [0.15, 0.2) is 0 Å². The van der Waals surface area contributed by atoms with Crippen molar-refractivity contribution in [3.05, 3.63) is 23.7 Å². The largest absolute Gasteiger partial charge is 2.00 e. The van der Waals surface area contributed by atoms with E-state index in [1.54, 1.807) is 13.8 Å². The molecule has 0 bridgehead atoms. The van der Waals surface area contributed by atoms with Crippen molar-refractivity contribution in [3.8, 4) is 0 Å². The van der Waals surface area contributed by atoms with E-state index in [2.05, 4.69) is 9.47 Å². The van der Waals surface area contributed by atoms with E-state index in [1.165, 1.54) is 13.8 Å². The Morgan fingerprint density at radius 2 is 1.16 bits per heavy atom. The van der Waals surface area contributed by atoms with Gasteiger partial charge in [0.05, 0.1) is 13.2 Å². The van der Waals surface area contributed by atoms with Crippen molar-refractivity contribution >= 4 is 49.7 Å². The Hall–Kier alpha value is -0.720. The van der Waals surface area contributed by atoms with Crippen LogP contribution < -0.4 is 10.2 Å². The van der Waals surface area contributed by atoms with Gasteiger partial charge in [0, 0.05) is 12.2 Å². The van der Waals surface area contributed by atoms with Gasteiger partial charge in [-0.25, -0.2) is 9.59 Å². The van der Waals surface area contributed by atoms with Crippen LogP contribution in [0.5, 0.6) is 0 Å². The van der Waals surface area contributed by atoms with Crippen molar-refractivity contribution in [2.75, 3.05) is 13.2 Å². The van der Waals surface area contributed by atoms with Gasteiger partial charge in [0.25, 0.3) is 0 Å². The van der Waals surface area contributed by atoms with Crippen LogP contribution in [0.1, 0.15) is 27.7 Å². The van der Waals surface area contributed by atoms with Crippen molar-refractivity contribution < 1.29 is 29.3 Å². The van der Waals surface area contributed by atoms with E-state index in [4.69, 9.17) is 0 Å². The Morgan fingerprint density at radius 3 is 1.32 bits per heavy atom. The maximum atomic E-state index is 10.4. The van der Waals surface area contributed by atoms with Crippen molar-refractivity contribution in [1.29, 1.82) is 0 Å². The second-order valence-electron chi connectivity index (χ2n) is 3.01. The van der Waals surface area contributed by atoms with E-state index < -0.39 is 11.9 Å². The Morgan fingerprint density at radius 1 is 0.895 bits per heavy atom. The molecule has 0 aromatic carbocycles. The molecule has 0 N–H and O–H groups in total. The molecule has 0 aromatic rings. The number of hydrogen-bond acceptors (Lipinski definition) is 6. The monoisotopic (exact) mass is 298 g/mol. The van der Waals surface area contributed by atoms with E-state index in [-0.39, 0.29) is 49.3 Å². The van der Waals surface area contributed by atoms with Crippen LogP contribution in [-0.2, 0) is 19.1 Å². The van der Waals surface area contributed by atoms with Gasteiger partial charge in [-0.2, -0.15) is 0 Å². The number of ether oxygens (including phenoxy) is 2. The third kappa shape index (κ3) is 22.9. The molecular formula is C12H18CaO6. The summed E-state index contributed by atoms with van der Waals surface area (Å²) in [5.74, 6) is -1.70. The summed E-state index contributed by atoms with van der Waals surface area (Å²) in [6.45, 7) is 6.59. The van der Waals surface area contributed by atoms with Gasteiger partial charge in [-0.15, -0.1) is 11.5 Å². The molecule has 0 rings (SSSR count). The predicted octanol–water partition coefficient (Wildman–Crippen LogP) is -0.754. The molecule has 6 nitrogen and oxygen atoms in total. The molecule has 0 amide bonds. The maximum absolute atomic E-state index is 10.4. The average molecular weight is 298 g/mol. The van der Waals surface area contributed by atoms with Gasteiger partial charge < -0.3 is 19.7 Å². The first-order chi connectivity index (χ1) is 8.33. The number of carbonyl (C=O) groups excluding carboxylic acids is 2. The fraction of sp³-hybridized carbons (Fsp3) is 0.500. The molecule has 0 aliphatic heterocycles. The van der Waals surface area contributed by atoms with E-state index in [0.29, 0.717) is 13.2 Å². The SMILES string of the molecule is CCOC(=O)/C=C(/C)[O-].CCOC(=O)/C=C(/C)[O-].[Ca+2]. The molecule has 0 aliphatic rings. The molecule has 0 saturated carbocycles. The van der Waals surface area contributed by atoms with Crippen molar-refractivity contribution in [1.82, 2.24) is 0 Å². The zero-order chi connectivity index (χ0) is 14.6. The molecule has 0 spiro atoms. The Bertz CT molecular complexity index is 282. The van der Waals surface area contributed by atoms with Crippen molar-refractivity contribution in [2.24, 2.45) is 0 Å². The van der Waals surface area contributed by atoms with E-state index in [0.717, 1.165) is 12.2 Å². The predicted molar refractivity (Wildman–Crippen MR) is 66.5 cm³/mol. The molecule has 0 aromatic heterocycles. The van der Waals surface area contributed by atoms with Crippen molar-refractivity contribution in [3.63, 3.8) is 0 Å². The second-order valence-corrected chi connectivity index (χ2v) is 3.01. The third-order valence-corrected chi connectivity index (χ3v) is 1.22. The van der Waals surface area contributed by atoms with Crippen LogP contribution in [0, 0.1) is 0 Å². The van der Waals surface area contributed by atoms with Gasteiger partial charge in [-0.05, 0) is 13.8 Å². The molecule has 0 atom stereocenters. The third-order valence-electron chi connectivity index (χ3n) is 1.22. The van der Waals surface area contributed by atoms with E-state index in [9.17, 15) is 19.8 Å². The molecule has 0 fully saturated rings. The zero-order valence-electron chi connectivity index (χ0n) is 11.7. The van der Waals surface area contributed by atoms with Gasteiger partial charge in [-0.1, -0.05) is 13.8 Å². The van der Waals surface area contributed by atoms with Crippen LogP contribution in [0.4, 0.5) is 0 Å². The van der Waals surface area contributed by atoms with Gasteiger partial charge >= 0.3 is 49.7 Å². The first-order valence-corrected chi connectivity index (χ1v) is 5.37. The molecule has 0 unspecified atom stereocenters. The van der Waals surface area contributed by atoms with Crippen molar-refractivity contribution in [2.45, 2.75) is 27.7 Å². The topological polar surface area (TPSA) is 98.7 Å². The number of allylic oxidation sites excluding steroid dienone is 2. The van der Waals surface area contributed by atoms with Crippen LogP contribution in [0.15, 0.2) is 23.7 Å². The minimum Gasteiger partial charge on any atom is -0.875 e. The molecule has 19 heavy (non-hydrogen) atoms. The van der Waals surface area contributed by atoms with Gasteiger partial charge in [-0.3, -0.25) is 0 Å². The van der Waals surface area contributed by atoms with Gasteiger partial charge in [0.2, 0.25) is 0 Å². The summed E-state index contributed by atoms with van der Waals surface area (Å²) in [6.07, 6.45) is 1.84. The minimum absolute atomic E-state index is 0. The molecule has 0 saturated heterocycles. The molecule has 0 heterocycles. The Balaban J connectivity index is -0.000000256. The number of hydrogen-bond donors (Lipinski definition) is 0. The average Bonchev–Trinajstić information content (AvgIpc) is 2.16. The van der Waals surface area contributed by atoms with Crippen LogP contribution in [0.2, 0.25) is 0 Å². The number of carbonyl (C=O) groups is 2. The van der Waals surface area contributed by atoms with Crippen LogP contribution >= 0.6 is 0 Å². The normalized spacial score (nSPS) is 10.5. The molecule has 7 heteroatoms. The number of rotatable bonds is 4. The van der Waals surface area contributed by atoms with Gasteiger partial charge in [0.1, 0.15) is 0 Å². The summed E-state index contributed by atoms with van der Waals surface area (Å²) in [7, 11) is 0. The molecule has 0 aliphatic carbocycles. The summed E-state index contributed by atoms with van der Waals surface area (Å²) in [5.41, 5.74) is 0. The summed E-state index contributed by atoms with van der Waals surface area (Å²) in [4.78, 5) is 20.7. The Kier molecular flexibility index (Phi) is 18.9. The zero-order valence-corrected chi connectivity index (χ0v) is 13.9. The van der Waals surface area contributed by atoms with Crippen LogP contribution in [0.3, 0.4) is 0 Å². The summed E-state index contributed by atoms with van der Waals surface area (Å²) >= 11 is 0. The fourth-order valence-electron chi connectivity index (χ4n) is 0.700. The first kappa shape index (κ1) is 23.4. The molecule has 0 radical (unpaired) electrons. The Labute approximate surface area is 143 Å². The fourth-order valence-corrected chi connectivity index (χ4v) is 0.700.